The maximum absolute atomic E-state index is 14.9. The van der Waals surface area contributed by atoms with Crippen molar-refractivity contribution < 1.29 is 22.7 Å². The third-order valence-corrected chi connectivity index (χ3v) is 10.2. The monoisotopic (exact) mass is 570 g/mol. The number of nitrogens with zero attached hydrogens (tertiary/aromatic N) is 3. The van der Waals surface area contributed by atoms with Crippen LogP contribution in [0.25, 0.3) is 0 Å². The molecular weight excluding hydrogens is 543 g/mol. The molecule has 6 rings (SSSR count). The molecule has 3 heterocycles. The average Bonchev–Trinajstić information content (AvgIpc) is 3.14. The van der Waals surface area contributed by atoms with Crippen LogP contribution in [0.5, 0.6) is 0 Å². The molecule has 8 nitrogen and oxygen atoms in total. The van der Waals surface area contributed by atoms with Gasteiger partial charge in [-0.05, 0) is 78.8 Å². The van der Waals surface area contributed by atoms with E-state index >= 15 is 0 Å². The second-order valence-electron chi connectivity index (χ2n) is 10.7. The van der Waals surface area contributed by atoms with Gasteiger partial charge in [-0.25, -0.2) is 17.8 Å². The molecule has 39 heavy (non-hydrogen) atoms. The Morgan fingerprint density at radius 3 is 2.49 bits per heavy atom. The van der Waals surface area contributed by atoms with Crippen LogP contribution in [-0.4, -0.2) is 48.3 Å². The summed E-state index contributed by atoms with van der Waals surface area (Å²) in [7, 11) is -3.65. The SMILES string of the molecule is O=C(O)Cc1ccc(Nc2nc(N3CC4CCC(C3)C4c3ccc(Cl)cc3)nc3c2S(=O)(=O)CCC3)c(F)c1. The van der Waals surface area contributed by atoms with Gasteiger partial charge in [-0.3, -0.25) is 4.79 Å². The van der Waals surface area contributed by atoms with Gasteiger partial charge in [0.05, 0.1) is 23.6 Å². The number of nitrogens with one attached hydrogen (secondary N) is 1. The fraction of sp³-hybridized carbons (Fsp3) is 0.393. The first-order chi connectivity index (χ1) is 18.7. The zero-order valence-corrected chi connectivity index (χ0v) is 22.7. The molecule has 2 fully saturated rings. The number of aromatic nitrogens is 2. The molecule has 1 saturated carbocycles. The first-order valence-corrected chi connectivity index (χ1v) is 15.1. The highest BCUT2D eigenvalue weighted by Gasteiger charge is 2.44. The zero-order valence-electron chi connectivity index (χ0n) is 21.1. The summed E-state index contributed by atoms with van der Waals surface area (Å²) in [6.07, 6.45) is 2.83. The van der Waals surface area contributed by atoms with Gasteiger partial charge in [0.2, 0.25) is 5.95 Å². The number of halogens is 2. The molecule has 1 aromatic heterocycles. The van der Waals surface area contributed by atoms with Gasteiger partial charge in [-0.2, -0.15) is 4.98 Å². The minimum absolute atomic E-state index is 0.0190. The van der Waals surface area contributed by atoms with Gasteiger partial charge in [0.1, 0.15) is 10.7 Å². The van der Waals surface area contributed by atoms with Crippen LogP contribution >= 0.6 is 11.6 Å². The summed E-state index contributed by atoms with van der Waals surface area (Å²) in [6, 6.07) is 12.1. The minimum atomic E-state index is -3.65. The largest absolute Gasteiger partial charge is 0.481 e. The second-order valence-corrected chi connectivity index (χ2v) is 13.1. The molecule has 204 valence electrons. The third-order valence-electron chi connectivity index (χ3n) is 8.08. The van der Waals surface area contributed by atoms with E-state index in [9.17, 15) is 17.6 Å². The van der Waals surface area contributed by atoms with Crippen molar-refractivity contribution in [3.8, 4) is 0 Å². The summed E-state index contributed by atoms with van der Waals surface area (Å²) in [4.78, 5) is 22.6. The number of carbonyl (C=O) groups is 1. The Kier molecular flexibility index (Phi) is 6.71. The van der Waals surface area contributed by atoms with Crippen LogP contribution in [0.1, 0.15) is 42.0 Å². The molecule has 2 N–H and O–H groups in total. The van der Waals surface area contributed by atoms with Crippen LogP contribution in [0.15, 0.2) is 47.4 Å². The van der Waals surface area contributed by atoms with E-state index in [1.165, 1.54) is 17.7 Å². The molecule has 2 aromatic carbocycles. The highest BCUT2D eigenvalue weighted by Crippen LogP contribution is 2.49. The van der Waals surface area contributed by atoms with Crippen LogP contribution in [0, 0.1) is 17.7 Å². The minimum Gasteiger partial charge on any atom is -0.481 e. The maximum Gasteiger partial charge on any atom is 0.307 e. The number of piperidine rings is 1. The van der Waals surface area contributed by atoms with Gasteiger partial charge < -0.3 is 15.3 Å². The lowest BCUT2D eigenvalue weighted by Crippen LogP contribution is -2.42. The van der Waals surface area contributed by atoms with Crippen molar-refractivity contribution in [3.63, 3.8) is 0 Å². The van der Waals surface area contributed by atoms with E-state index in [0.29, 0.717) is 52.8 Å². The number of fused-ring (bicyclic) bond motifs is 3. The van der Waals surface area contributed by atoms with Gasteiger partial charge in [0.15, 0.2) is 15.7 Å². The molecule has 2 unspecified atom stereocenters. The maximum atomic E-state index is 14.9. The van der Waals surface area contributed by atoms with Gasteiger partial charge in [0, 0.05) is 18.1 Å². The number of hydrogen-bond donors (Lipinski definition) is 2. The molecular formula is C28H28ClFN4O4S. The molecule has 3 aromatic rings. The standard InChI is InChI=1S/C28H28ClFN4O4S/c29-20-8-6-17(7-9-20)25-18-4-5-19(25)15-34(14-18)28-32-23-2-1-11-39(37,38)26(23)27(33-28)31-22-10-3-16(12-21(22)30)13-24(35)36/h3,6-10,12,18-19,25H,1-2,4-5,11,13-15H2,(H,35,36)(H,31,32,33). The first kappa shape index (κ1) is 26.0. The van der Waals surface area contributed by atoms with E-state index in [0.717, 1.165) is 32.0 Å². The van der Waals surface area contributed by atoms with E-state index in [2.05, 4.69) is 27.3 Å². The Bertz CT molecular complexity index is 1540. The number of carboxylic acid groups (broad SMARTS) is 1. The first-order valence-electron chi connectivity index (χ1n) is 13.1. The molecule has 0 spiro atoms. The number of aryl methyl sites for hydroxylation is 1. The summed E-state index contributed by atoms with van der Waals surface area (Å²) in [5, 5.41) is 12.6. The summed E-state index contributed by atoms with van der Waals surface area (Å²) in [6.45, 7) is 1.49. The molecule has 0 radical (unpaired) electrons. The van der Waals surface area contributed by atoms with Crippen molar-refractivity contribution in [2.24, 2.45) is 11.8 Å². The zero-order chi connectivity index (χ0) is 27.3. The van der Waals surface area contributed by atoms with E-state index < -0.39 is 21.6 Å². The van der Waals surface area contributed by atoms with Crippen LogP contribution in [-0.2, 0) is 27.5 Å². The second kappa shape index (κ2) is 10.1. The summed E-state index contributed by atoms with van der Waals surface area (Å²) in [5.41, 5.74) is 2.07. The Morgan fingerprint density at radius 2 is 1.82 bits per heavy atom. The molecule has 1 aliphatic carbocycles. The predicted octanol–water partition coefficient (Wildman–Crippen LogP) is 4.99. The van der Waals surface area contributed by atoms with Crippen molar-refractivity contribution in [2.45, 2.75) is 42.9 Å². The van der Waals surface area contributed by atoms with E-state index in [4.69, 9.17) is 21.7 Å². The lowest BCUT2D eigenvalue weighted by atomic mass is 9.80. The molecule has 11 heteroatoms. The Balaban J connectivity index is 1.33. The summed E-state index contributed by atoms with van der Waals surface area (Å²) in [5.74, 6) is -0.0225. The van der Waals surface area contributed by atoms with Gasteiger partial charge in [0.25, 0.3) is 0 Å². The number of sulfone groups is 1. The molecule has 2 bridgehead atoms. The fourth-order valence-corrected chi connectivity index (χ4v) is 8.18. The number of hydrogen-bond acceptors (Lipinski definition) is 7. The number of benzene rings is 2. The quantitative estimate of drug-likeness (QED) is 0.426. The average molecular weight is 571 g/mol. The predicted molar refractivity (Wildman–Crippen MR) is 146 cm³/mol. The van der Waals surface area contributed by atoms with Crippen LogP contribution in [0.2, 0.25) is 5.02 Å². The molecule has 1 saturated heterocycles. The van der Waals surface area contributed by atoms with Gasteiger partial charge in [-0.15, -0.1) is 0 Å². The highest BCUT2D eigenvalue weighted by atomic mass is 35.5. The Morgan fingerprint density at radius 1 is 1.10 bits per heavy atom. The van der Waals surface area contributed by atoms with Crippen molar-refractivity contribution in [1.82, 2.24) is 9.97 Å². The lowest BCUT2D eigenvalue weighted by molar-refractivity contribution is -0.136. The van der Waals surface area contributed by atoms with Crippen molar-refractivity contribution >= 4 is 44.9 Å². The summed E-state index contributed by atoms with van der Waals surface area (Å²) >= 11 is 6.11. The Labute approximate surface area is 231 Å². The molecule has 0 amide bonds. The van der Waals surface area contributed by atoms with Crippen LogP contribution in [0.3, 0.4) is 0 Å². The third kappa shape index (κ3) is 5.07. The van der Waals surface area contributed by atoms with Crippen LogP contribution in [0.4, 0.5) is 21.8 Å². The Hall–Kier alpha value is -3.24. The summed E-state index contributed by atoms with van der Waals surface area (Å²) < 4.78 is 41.1. The van der Waals surface area contributed by atoms with Crippen molar-refractivity contribution in [3.05, 3.63) is 70.1 Å². The topological polar surface area (TPSA) is 112 Å². The number of rotatable bonds is 6. The highest BCUT2D eigenvalue weighted by molar-refractivity contribution is 7.91. The van der Waals surface area contributed by atoms with Crippen LogP contribution < -0.4 is 10.2 Å². The van der Waals surface area contributed by atoms with E-state index in [1.54, 1.807) is 0 Å². The van der Waals surface area contributed by atoms with E-state index in [-0.39, 0.29) is 28.6 Å². The molecule has 3 aliphatic rings. The molecule has 2 aliphatic heterocycles. The number of carboxylic acids is 1. The van der Waals surface area contributed by atoms with Crippen molar-refractivity contribution in [1.29, 1.82) is 0 Å². The van der Waals surface area contributed by atoms with Crippen molar-refractivity contribution in [2.75, 3.05) is 29.1 Å². The lowest BCUT2D eigenvalue weighted by Gasteiger charge is -2.38. The fourth-order valence-electron chi connectivity index (χ4n) is 6.43. The smallest absolute Gasteiger partial charge is 0.307 e. The van der Waals surface area contributed by atoms with Gasteiger partial charge in [-0.1, -0.05) is 29.8 Å². The van der Waals surface area contributed by atoms with E-state index in [1.807, 2.05) is 12.1 Å². The molecule has 2 atom stereocenters. The number of aliphatic carboxylic acids is 1. The number of anilines is 3. The normalized spacial score (nSPS) is 23.3. The van der Waals surface area contributed by atoms with Gasteiger partial charge >= 0.3 is 5.97 Å².